The van der Waals surface area contributed by atoms with Crippen LogP contribution in [0.25, 0.3) is 0 Å². The number of fused-ring (bicyclic) bond motifs is 1. The van der Waals surface area contributed by atoms with Gasteiger partial charge in [-0.15, -0.1) is 10.2 Å². The Hall–Kier alpha value is -2.57. The lowest BCUT2D eigenvalue weighted by atomic mass is 10.1. The third-order valence-corrected chi connectivity index (χ3v) is 3.48. The normalized spacial score (nSPS) is 13.7. The SMILES string of the molecule is Nc1cc(N)cc(C(=O)OCc2nnc3n2CCCC3)c1. The molecule has 0 spiro atoms. The second-order valence-electron chi connectivity index (χ2n) is 5.11. The van der Waals surface area contributed by atoms with Gasteiger partial charge in [0.25, 0.3) is 0 Å². The van der Waals surface area contributed by atoms with Gasteiger partial charge >= 0.3 is 5.97 Å². The molecule has 7 heteroatoms. The summed E-state index contributed by atoms with van der Waals surface area (Å²) in [6, 6.07) is 4.67. The van der Waals surface area contributed by atoms with Gasteiger partial charge in [0.15, 0.2) is 12.4 Å². The molecule has 21 heavy (non-hydrogen) atoms. The summed E-state index contributed by atoms with van der Waals surface area (Å²) in [5, 5.41) is 8.20. The molecule has 0 aliphatic carbocycles. The monoisotopic (exact) mass is 287 g/mol. The lowest BCUT2D eigenvalue weighted by Gasteiger charge is -2.14. The molecule has 2 heterocycles. The molecule has 1 aliphatic heterocycles. The number of hydrogen-bond acceptors (Lipinski definition) is 6. The molecule has 0 amide bonds. The largest absolute Gasteiger partial charge is 0.454 e. The van der Waals surface area contributed by atoms with E-state index < -0.39 is 5.97 Å². The Kier molecular flexibility index (Phi) is 3.47. The van der Waals surface area contributed by atoms with Crippen LogP contribution in [0.15, 0.2) is 18.2 Å². The van der Waals surface area contributed by atoms with Crippen LogP contribution in [0.5, 0.6) is 0 Å². The topological polar surface area (TPSA) is 109 Å². The first-order valence-corrected chi connectivity index (χ1v) is 6.87. The molecular weight excluding hydrogens is 270 g/mol. The molecule has 0 unspecified atom stereocenters. The van der Waals surface area contributed by atoms with Gasteiger partial charge in [-0.3, -0.25) is 0 Å². The maximum absolute atomic E-state index is 12.0. The number of nitrogens with two attached hydrogens (primary N) is 2. The number of hydrogen-bond donors (Lipinski definition) is 2. The van der Waals surface area contributed by atoms with Crippen LogP contribution in [0.2, 0.25) is 0 Å². The number of aromatic nitrogens is 3. The third-order valence-electron chi connectivity index (χ3n) is 3.48. The summed E-state index contributed by atoms with van der Waals surface area (Å²) in [6.07, 6.45) is 3.14. The molecule has 3 rings (SSSR count). The quantitative estimate of drug-likeness (QED) is 0.647. The zero-order valence-corrected chi connectivity index (χ0v) is 11.6. The Morgan fingerprint density at radius 2 is 1.95 bits per heavy atom. The summed E-state index contributed by atoms with van der Waals surface area (Å²) in [6.45, 7) is 0.973. The minimum absolute atomic E-state index is 0.0978. The van der Waals surface area contributed by atoms with Gasteiger partial charge in [-0.2, -0.15) is 0 Å². The van der Waals surface area contributed by atoms with Crippen molar-refractivity contribution in [3.05, 3.63) is 35.4 Å². The number of nitrogens with zero attached hydrogens (tertiary/aromatic N) is 3. The van der Waals surface area contributed by atoms with E-state index in [0.29, 0.717) is 22.8 Å². The predicted octanol–water partition coefficient (Wildman–Crippen LogP) is 1.14. The van der Waals surface area contributed by atoms with E-state index >= 15 is 0 Å². The van der Waals surface area contributed by atoms with Crippen molar-refractivity contribution in [2.45, 2.75) is 32.4 Å². The fourth-order valence-electron chi connectivity index (χ4n) is 2.48. The molecular formula is C14H17N5O2. The van der Waals surface area contributed by atoms with Crippen molar-refractivity contribution in [3.8, 4) is 0 Å². The number of benzene rings is 1. The number of nitrogen functional groups attached to an aromatic ring is 2. The van der Waals surface area contributed by atoms with E-state index in [9.17, 15) is 4.79 Å². The lowest BCUT2D eigenvalue weighted by molar-refractivity contribution is 0.0457. The molecule has 1 aliphatic rings. The second kappa shape index (κ2) is 5.43. The summed E-state index contributed by atoms with van der Waals surface area (Å²) in [7, 11) is 0. The maximum atomic E-state index is 12.0. The van der Waals surface area contributed by atoms with Crippen LogP contribution in [-0.2, 0) is 24.3 Å². The van der Waals surface area contributed by atoms with Crippen LogP contribution in [0.3, 0.4) is 0 Å². The summed E-state index contributed by atoms with van der Waals surface area (Å²) < 4.78 is 7.29. The molecule has 2 aromatic rings. The van der Waals surface area contributed by atoms with Gasteiger partial charge < -0.3 is 20.8 Å². The Labute approximate surface area is 121 Å². The summed E-state index contributed by atoms with van der Waals surface area (Å²) >= 11 is 0. The maximum Gasteiger partial charge on any atom is 0.338 e. The first kappa shape index (κ1) is 13.4. The fourth-order valence-corrected chi connectivity index (χ4v) is 2.48. The summed E-state index contributed by atoms with van der Waals surface area (Å²) in [4.78, 5) is 12.0. The second-order valence-corrected chi connectivity index (χ2v) is 5.11. The van der Waals surface area contributed by atoms with E-state index in [1.165, 1.54) is 12.1 Å². The Morgan fingerprint density at radius 1 is 1.19 bits per heavy atom. The summed E-state index contributed by atoms with van der Waals surface area (Å²) in [5.74, 6) is 1.16. The zero-order valence-electron chi connectivity index (χ0n) is 11.6. The summed E-state index contributed by atoms with van der Waals surface area (Å²) in [5.41, 5.74) is 12.5. The number of esters is 1. The van der Waals surface area contributed by atoms with Crippen LogP contribution >= 0.6 is 0 Å². The third kappa shape index (κ3) is 2.81. The van der Waals surface area contributed by atoms with Crippen molar-refractivity contribution >= 4 is 17.3 Å². The van der Waals surface area contributed by atoms with E-state index in [4.69, 9.17) is 16.2 Å². The number of ether oxygens (including phenoxy) is 1. The predicted molar refractivity (Wildman–Crippen MR) is 77.3 cm³/mol. The highest BCUT2D eigenvalue weighted by atomic mass is 16.5. The number of carbonyl (C=O) groups excluding carboxylic acids is 1. The van der Waals surface area contributed by atoms with Gasteiger partial charge in [0.1, 0.15) is 5.82 Å². The molecule has 1 aromatic carbocycles. The number of rotatable bonds is 3. The highest BCUT2D eigenvalue weighted by Crippen LogP contribution is 2.17. The van der Waals surface area contributed by atoms with Gasteiger partial charge in [0.05, 0.1) is 5.56 Å². The van der Waals surface area contributed by atoms with Crippen LogP contribution in [0.1, 0.15) is 34.8 Å². The van der Waals surface area contributed by atoms with E-state index in [1.54, 1.807) is 6.07 Å². The Balaban J connectivity index is 1.70. The Bertz CT molecular complexity index is 660. The molecule has 0 fully saturated rings. The van der Waals surface area contributed by atoms with E-state index in [2.05, 4.69) is 10.2 Å². The highest BCUT2D eigenvalue weighted by molar-refractivity contribution is 5.91. The van der Waals surface area contributed by atoms with E-state index in [0.717, 1.165) is 31.6 Å². The molecule has 1 aromatic heterocycles. The van der Waals surface area contributed by atoms with Crippen LogP contribution in [0.4, 0.5) is 11.4 Å². The molecule has 4 N–H and O–H groups in total. The van der Waals surface area contributed by atoms with Gasteiger partial charge in [-0.1, -0.05) is 0 Å². The van der Waals surface area contributed by atoms with Crippen molar-refractivity contribution in [3.63, 3.8) is 0 Å². The van der Waals surface area contributed by atoms with Crippen molar-refractivity contribution in [2.75, 3.05) is 11.5 Å². The molecule has 0 bridgehead atoms. The average Bonchev–Trinajstić information content (AvgIpc) is 2.87. The smallest absolute Gasteiger partial charge is 0.338 e. The fraction of sp³-hybridized carbons (Fsp3) is 0.357. The number of carbonyl (C=O) groups is 1. The van der Waals surface area contributed by atoms with E-state index in [1.807, 2.05) is 4.57 Å². The van der Waals surface area contributed by atoms with E-state index in [-0.39, 0.29) is 6.61 Å². The van der Waals surface area contributed by atoms with Crippen LogP contribution < -0.4 is 11.5 Å². The van der Waals surface area contributed by atoms with Gasteiger partial charge in [-0.25, -0.2) is 4.79 Å². The Morgan fingerprint density at radius 3 is 2.71 bits per heavy atom. The van der Waals surface area contributed by atoms with Crippen molar-refractivity contribution < 1.29 is 9.53 Å². The zero-order chi connectivity index (χ0) is 14.8. The minimum Gasteiger partial charge on any atom is -0.454 e. The van der Waals surface area contributed by atoms with Crippen molar-refractivity contribution in [2.24, 2.45) is 0 Å². The molecule has 0 atom stereocenters. The van der Waals surface area contributed by atoms with Crippen LogP contribution in [0, 0.1) is 0 Å². The molecule has 0 saturated heterocycles. The molecule has 110 valence electrons. The van der Waals surface area contributed by atoms with Gasteiger partial charge in [0.2, 0.25) is 0 Å². The van der Waals surface area contributed by atoms with Gasteiger partial charge in [-0.05, 0) is 31.0 Å². The van der Waals surface area contributed by atoms with Crippen molar-refractivity contribution in [1.29, 1.82) is 0 Å². The van der Waals surface area contributed by atoms with Crippen molar-refractivity contribution in [1.82, 2.24) is 14.8 Å². The number of aryl methyl sites for hydroxylation is 1. The first-order chi connectivity index (χ1) is 10.1. The molecule has 0 radical (unpaired) electrons. The van der Waals surface area contributed by atoms with Crippen LogP contribution in [-0.4, -0.2) is 20.7 Å². The average molecular weight is 287 g/mol. The number of anilines is 2. The molecule has 0 saturated carbocycles. The lowest BCUT2D eigenvalue weighted by Crippen LogP contribution is -2.15. The van der Waals surface area contributed by atoms with Gasteiger partial charge in [0, 0.05) is 24.3 Å². The highest BCUT2D eigenvalue weighted by Gasteiger charge is 2.17. The molecule has 7 nitrogen and oxygen atoms in total. The standard InChI is InChI=1S/C14H17N5O2/c15-10-5-9(6-11(16)7-10)14(20)21-8-13-18-17-12-3-1-2-4-19(12)13/h5-7H,1-4,8,15-16H2. The minimum atomic E-state index is -0.470. The first-order valence-electron chi connectivity index (χ1n) is 6.87.